The molecule has 0 radical (unpaired) electrons. The topological polar surface area (TPSA) is 50.3 Å². The summed E-state index contributed by atoms with van der Waals surface area (Å²) in [5.41, 5.74) is 2.12. The molecule has 0 bridgehead atoms. The van der Waals surface area contributed by atoms with Gasteiger partial charge in [-0.3, -0.25) is 0 Å². The van der Waals surface area contributed by atoms with Crippen molar-refractivity contribution in [2.24, 2.45) is 0 Å². The zero-order chi connectivity index (χ0) is 18.9. The minimum atomic E-state index is 0.719. The molecule has 5 nitrogen and oxygen atoms in total. The number of hydrogen-bond donors (Lipinski definition) is 1. The SMILES string of the molecule is CCN(c1ccccc1)c1cc(NCCCOC)nc(-c2ccccc2)n1. The number of benzene rings is 2. The molecule has 3 rings (SSSR count). The summed E-state index contributed by atoms with van der Waals surface area (Å²) in [6, 6.07) is 22.4. The molecule has 0 fully saturated rings. The Kier molecular flexibility index (Phi) is 6.77. The third kappa shape index (κ3) is 5.05. The number of nitrogens with one attached hydrogen (secondary N) is 1. The fraction of sp³-hybridized carbons (Fsp3) is 0.273. The van der Waals surface area contributed by atoms with E-state index in [2.05, 4.69) is 29.3 Å². The number of nitrogens with zero attached hydrogens (tertiary/aromatic N) is 3. The van der Waals surface area contributed by atoms with Gasteiger partial charge in [0.25, 0.3) is 0 Å². The quantitative estimate of drug-likeness (QED) is 0.557. The first-order valence-electron chi connectivity index (χ1n) is 9.31. The standard InChI is InChI=1S/C22H26N4O/c1-3-26(19-13-8-5-9-14-19)21-17-20(23-15-10-16-27-2)24-22(25-21)18-11-6-4-7-12-18/h4-9,11-14,17H,3,10,15-16H2,1-2H3,(H,23,24,25). The van der Waals surface area contributed by atoms with Gasteiger partial charge in [0.1, 0.15) is 11.6 Å². The zero-order valence-corrected chi connectivity index (χ0v) is 15.9. The maximum atomic E-state index is 5.13. The average molecular weight is 362 g/mol. The van der Waals surface area contributed by atoms with Crippen LogP contribution in [0.5, 0.6) is 0 Å². The van der Waals surface area contributed by atoms with Crippen molar-refractivity contribution < 1.29 is 4.74 Å². The second-order valence-corrected chi connectivity index (χ2v) is 6.15. The summed E-state index contributed by atoms with van der Waals surface area (Å²) >= 11 is 0. The molecular weight excluding hydrogens is 336 g/mol. The summed E-state index contributed by atoms with van der Waals surface area (Å²) in [4.78, 5) is 11.8. The van der Waals surface area contributed by atoms with Crippen LogP contribution >= 0.6 is 0 Å². The molecule has 0 aliphatic heterocycles. The van der Waals surface area contributed by atoms with E-state index in [-0.39, 0.29) is 0 Å². The molecule has 0 aliphatic rings. The van der Waals surface area contributed by atoms with Crippen molar-refractivity contribution in [2.75, 3.05) is 37.0 Å². The third-order valence-electron chi connectivity index (χ3n) is 4.24. The van der Waals surface area contributed by atoms with Crippen molar-refractivity contribution in [2.45, 2.75) is 13.3 Å². The first-order chi connectivity index (χ1) is 13.3. The summed E-state index contributed by atoms with van der Waals surface area (Å²) in [7, 11) is 1.72. The van der Waals surface area contributed by atoms with E-state index in [4.69, 9.17) is 14.7 Å². The maximum Gasteiger partial charge on any atom is 0.163 e. The van der Waals surface area contributed by atoms with Crippen LogP contribution in [0.2, 0.25) is 0 Å². The van der Waals surface area contributed by atoms with Crippen LogP contribution < -0.4 is 10.2 Å². The molecule has 1 aromatic heterocycles. The van der Waals surface area contributed by atoms with Gasteiger partial charge in [0.05, 0.1) is 0 Å². The number of methoxy groups -OCH3 is 1. The Balaban J connectivity index is 1.96. The predicted octanol–water partition coefficient (Wildman–Crippen LogP) is 4.75. The van der Waals surface area contributed by atoms with Crippen molar-refractivity contribution in [3.63, 3.8) is 0 Å². The van der Waals surface area contributed by atoms with Gasteiger partial charge in [-0.15, -0.1) is 0 Å². The molecule has 1 heterocycles. The molecule has 1 N–H and O–H groups in total. The molecule has 27 heavy (non-hydrogen) atoms. The Labute approximate surface area is 161 Å². The number of ether oxygens (including phenoxy) is 1. The summed E-state index contributed by atoms with van der Waals surface area (Å²) in [6.07, 6.45) is 0.923. The van der Waals surface area contributed by atoms with Gasteiger partial charge in [-0.1, -0.05) is 48.5 Å². The van der Waals surface area contributed by atoms with E-state index in [0.717, 1.165) is 54.8 Å². The summed E-state index contributed by atoms with van der Waals surface area (Å²) in [5.74, 6) is 2.42. The number of para-hydroxylation sites is 1. The summed E-state index contributed by atoms with van der Waals surface area (Å²) in [6.45, 7) is 4.47. The highest BCUT2D eigenvalue weighted by Crippen LogP contribution is 2.27. The molecule has 0 atom stereocenters. The van der Waals surface area contributed by atoms with Crippen molar-refractivity contribution in [3.05, 3.63) is 66.7 Å². The average Bonchev–Trinajstić information content (AvgIpc) is 2.73. The monoisotopic (exact) mass is 362 g/mol. The fourth-order valence-electron chi connectivity index (χ4n) is 2.90. The largest absolute Gasteiger partial charge is 0.385 e. The van der Waals surface area contributed by atoms with Gasteiger partial charge in [-0.05, 0) is 25.5 Å². The molecule has 3 aromatic rings. The van der Waals surface area contributed by atoms with Crippen LogP contribution in [0.15, 0.2) is 66.7 Å². The van der Waals surface area contributed by atoms with Crippen LogP contribution in [0, 0.1) is 0 Å². The molecule has 0 spiro atoms. The van der Waals surface area contributed by atoms with Gasteiger partial charge >= 0.3 is 0 Å². The lowest BCUT2D eigenvalue weighted by molar-refractivity contribution is 0.198. The number of aromatic nitrogens is 2. The first-order valence-corrected chi connectivity index (χ1v) is 9.31. The molecule has 0 aliphatic carbocycles. The van der Waals surface area contributed by atoms with Crippen molar-refractivity contribution in [3.8, 4) is 11.4 Å². The van der Waals surface area contributed by atoms with Gasteiger partial charge in [0.15, 0.2) is 5.82 Å². The van der Waals surface area contributed by atoms with E-state index in [1.807, 2.05) is 54.6 Å². The van der Waals surface area contributed by atoms with E-state index in [0.29, 0.717) is 0 Å². The zero-order valence-electron chi connectivity index (χ0n) is 15.9. The van der Waals surface area contributed by atoms with E-state index >= 15 is 0 Å². The first kappa shape index (κ1) is 18.9. The number of hydrogen-bond acceptors (Lipinski definition) is 5. The molecule has 0 unspecified atom stereocenters. The highest BCUT2D eigenvalue weighted by atomic mass is 16.5. The Morgan fingerprint density at radius 2 is 1.67 bits per heavy atom. The Morgan fingerprint density at radius 1 is 0.963 bits per heavy atom. The molecule has 0 saturated carbocycles. The maximum absolute atomic E-state index is 5.13. The minimum absolute atomic E-state index is 0.719. The van der Waals surface area contributed by atoms with Crippen LogP contribution in [-0.2, 0) is 4.74 Å². The number of rotatable bonds is 9. The Morgan fingerprint density at radius 3 is 2.33 bits per heavy atom. The highest BCUT2D eigenvalue weighted by Gasteiger charge is 2.13. The third-order valence-corrected chi connectivity index (χ3v) is 4.24. The molecule has 140 valence electrons. The summed E-state index contributed by atoms with van der Waals surface area (Å²) in [5, 5.41) is 3.40. The Bertz CT molecular complexity index is 824. The van der Waals surface area contributed by atoms with Gasteiger partial charge in [-0.25, -0.2) is 9.97 Å². The molecule has 0 saturated heterocycles. The van der Waals surface area contributed by atoms with E-state index in [1.165, 1.54) is 0 Å². The van der Waals surface area contributed by atoms with E-state index < -0.39 is 0 Å². The lowest BCUT2D eigenvalue weighted by Gasteiger charge is -2.23. The Hall–Kier alpha value is -2.92. The lowest BCUT2D eigenvalue weighted by Crippen LogP contribution is -2.18. The minimum Gasteiger partial charge on any atom is -0.385 e. The number of anilines is 3. The summed E-state index contributed by atoms with van der Waals surface area (Å²) < 4.78 is 5.13. The highest BCUT2D eigenvalue weighted by molar-refractivity contribution is 5.67. The van der Waals surface area contributed by atoms with E-state index in [9.17, 15) is 0 Å². The lowest BCUT2D eigenvalue weighted by atomic mass is 10.2. The second-order valence-electron chi connectivity index (χ2n) is 6.15. The van der Waals surface area contributed by atoms with Crippen molar-refractivity contribution >= 4 is 17.3 Å². The predicted molar refractivity (Wildman–Crippen MR) is 112 cm³/mol. The fourth-order valence-corrected chi connectivity index (χ4v) is 2.90. The van der Waals surface area contributed by atoms with Crippen LogP contribution in [0.1, 0.15) is 13.3 Å². The van der Waals surface area contributed by atoms with Crippen LogP contribution in [-0.4, -0.2) is 36.8 Å². The van der Waals surface area contributed by atoms with Crippen molar-refractivity contribution in [1.29, 1.82) is 0 Å². The van der Waals surface area contributed by atoms with Gasteiger partial charge in [-0.2, -0.15) is 0 Å². The smallest absolute Gasteiger partial charge is 0.163 e. The molecule has 2 aromatic carbocycles. The second kappa shape index (κ2) is 9.69. The normalized spacial score (nSPS) is 10.6. The van der Waals surface area contributed by atoms with E-state index in [1.54, 1.807) is 7.11 Å². The van der Waals surface area contributed by atoms with Gasteiger partial charge in [0, 0.05) is 44.1 Å². The van der Waals surface area contributed by atoms with Gasteiger partial charge in [0.2, 0.25) is 0 Å². The van der Waals surface area contributed by atoms with Gasteiger partial charge < -0.3 is 15.0 Å². The van der Waals surface area contributed by atoms with Crippen LogP contribution in [0.3, 0.4) is 0 Å². The molecule has 5 heteroatoms. The van der Waals surface area contributed by atoms with Crippen molar-refractivity contribution in [1.82, 2.24) is 9.97 Å². The van der Waals surface area contributed by atoms with Crippen LogP contribution in [0.25, 0.3) is 11.4 Å². The van der Waals surface area contributed by atoms with Crippen LogP contribution in [0.4, 0.5) is 17.3 Å². The molecule has 0 amide bonds. The molecular formula is C22H26N4O.